The molecule has 0 aliphatic heterocycles. The number of benzene rings is 3. The molecule has 0 spiro atoms. The number of nitrogen functional groups attached to an aromatic ring is 1. The molecule has 0 aliphatic carbocycles. The van der Waals surface area contributed by atoms with E-state index in [-0.39, 0.29) is 26.9 Å². The molecule has 1 heterocycles. The van der Waals surface area contributed by atoms with Crippen LogP contribution in [0.2, 0.25) is 10.0 Å². The Morgan fingerprint density at radius 2 is 1.69 bits per heavy atom. The predicted octanol–water partition coefficient (Wildman–Crippen LogP) is 6.40. The summed E-state index contributed by atoms with van der Waals surface area (Å²) in [6.45, 7) is 3.29. The Morgan fingerprint density at radius 1 is 0.969 bits per heavy atom. The Balaban J connectivity index is 1.78. The summed E-state index contributed by atoms with van der Waals surface area (Å²) in [6, 6.07) is 16.6. The topological polar surface area (TPSA) is 90.4 Å². The summed E-state index contributed by atoms with van der Waals surface area (Å²) in [5.41, 5.74) is 8.48. The van der Waals surface area contributed by atoms with Gasteiger partial charge in [0.15, 0.2) is 15.6 Å². The monoisotopic (exact) mass is 487 g/mol. The van der Waals surface area contributed by atoms with Crippen molar-refractivity contribution in [1.82, 2.24) is 0 Å². The molecule has 32 heavy (non-hydrogen) atoms. The highest BCUT2D eigenvalue weighted by atomic mass is 35.5. The van der Waals surface area contributed by atoms with Gasteiger partial charge in [0.05, 0.1) is 20.9 Å². The molecule has 0 fully saturated rings. The van der Waals surface area contributed by atoms with Crippen LogP contribution < -0.4 is 5.73 Å². The third kappa shape index (κ3) is 3.90. The average molecular weight is 488 g/mol. The highest BCUT2D eigenvalue weighted by Gasteiger charge is 2.23. The van der Waals surface area contributed by atoms with E-state index in [1.165, 1.54) is 12.1 Å². The lowest BCUT2D eigenvalue weighted by Gasteiger charge is -2.09. The van der Waals surface area contributed by atoms with Crippen LogP contribution in [0, 0.1) is 0 Å². The predicted molar refractivity (Wildman–Crippen MR) is 128 cm³/mol. The summed E-state index contributed by atoms with van der Waals surface area (Å²) in [7, 11) is -3.41. The second-order valence-electron chi connectivity index (χ2n) is 7.63. The molecular formula is C24H19Cl2NO4S. The van der Waals surface area contributed by atoms with Gasteiger partial charge in [0, 0.05) is 16.0 Å². The Labute approximate surface area is 195 Å². The third-order valence-electron chi connectivity index (χ3n) is 5.23. The number of hydrogen-bond donors (Lipinski definition) is 1. The first-order chi connectivity index (χ1) is 15.1. The molecule has 1 aromatic heterocycles. The Kier molecular flexibility index (Phi) is 5.79. The molecule has 0 atom stereocenters. The van der Waals surface area contributed by atoms with E-state index >= 15 is 0 Å². The van der Waals surface area contributed by atoms with Gasteiger partial charge in [-0.15, -0.1) is 0 Å². The van der Waals surface area contributed by atoms with Gasteiger partial charge < -0.3 is 10.2 Å². The quantitative estimate of drug-likeness (QED) is 0.328. The molecule has 5 nitrogen and oxygen atoms in total. The molecule has 2 N–H and O–H groups in total. The van der Waals surface area contributed by atoms with Crippen LogP contribution in [0.25, 0.3) is 22.1 Å². The first-order valence-electron chi connectivity index (χ1n) is 9.75. The smallest absolute Gasteiger partial charge is 0.231 e. The maximum atomic E-state index is 13.0. The van der Waals surface area contributed by atoms with E-state index in [0.29, 0.717) is 21.6 Å². The van der Waals surface area contributed by atoms with Gasteiger partial charge in [0.25, 0.3) is 0 Å². The number of anilines is 1. The Hall–Kier alpha value is -2.80. The zero-order valence-electron chi connectivity index (χ0n) is 17.2. The second kappa shape index (κ2) is 8.28. The standard InChI is InChI=1S/C24H19Cl2NO4S/c1-13(2)32(29,30)17-5-3-4-14(10-17)15-6-8-19-21(11-15)31-24(22(19)27)23(28)18-9-7-16(25)12-20(18)26/h3-13H,27H2,1-2H3. The van der Waals surface area contributed by atoms with E-state index in [9.17, 15) is 13.2 Å². The fraction of sp³-hybridized carbons (Fsp3) is 0.125. The van der Waals surface area contributed by atoms with E-state index in [1.807, 2.05) is 6.07 Å². The first-order valence-corrected chi connectivity index (χ1v) is 12.1. The fourth-order valence-electron chi connectivity index (χ4n) is 3.39. The maximum Gasteiger partial charge on any atom is 0.231 e. The lowest BCUT2D eigenvalue weighted by Crippen LogP contribution is -2.13. The van der Waals surface area contributed by atoms with Crippen LogP contribution in [-0.2, 0) is 9.84 Å². The fourth-order valence-corrected chi connectivity index (χ4v) is 4.98. The van der Waals surface area contributed by atoms with Gasteiger partial charge in [-0.05, 0) is 67.4 Å². The van der Waals surface area contributed by atoms with Gasteiger partial charge in [-0.1, -0.05) is 41.4 Å². The first kappa shape index (κ1) is 22.4. The van der Waals surface area contributed by atoms with Gasteiger partial charge in [0.2, 0.25) is 5.78 Å². The number of carbonyl (C=O) groups is 1. The van der Waals surface area contributed by atoms with Gasteiger partial charge in [-0.2, -0.15) is 0 Å². The highest BCUT2D eigenvalue weighted by molar-refractivity contribution is 7.92. The van der Waals surface area contributed by atoms with E-state index in [4.69, 9.17) is 33.4 Å². The molecule has 0 saturated carbocycles. The number of sulfone groups is 1. The normalized spacial score (nSPS) is 11.9. The minimum Gasteiger partial charge on any atom is -0.450 e. The van der Waals surface area contributed by atoms with Gasteiger partial charge in [0.1, 0.15) is 5.58 Å². The maximum absolute atomic E-state index is 13.0. The summed E-state index contributed by atoms with van der Waals surface area (Å²) < 4.78 is 30.9. The molecule has 4 aromatic rings. The van der Waals surface area contributed by atoms with Crippen molar-refractivity contribution in [2.45, 2.75) is 24.0 Å². The van der Waals surface area contributed by atoms with E-state index in [2.05, 4.69) is 0 Å². The zero-order valence-corrected chi connectivity index (χ0v) is 19.6. The summed E-state index contributed by atoms with van der Waals surface area (Å²) >= 11 is 12.1. The Morgan fingerprint density at radius 3 is 2.38 bits per heavy atom. The van der Waals surface area contributed by atoms with Crippen LogP contribution >= 0.6 is 23.2 Å². The Bertz CT molecular complexity index is 1470. The number of ketones is 1. The van der Waals surface area contributed by atoms with Crippen LogP contribution in [0.4, 0.5) is 5.69 Å². The van der Waals surface area contributed by atoms with Crippen molar-refractivity contribution in [2.75, 3.05) is 5.73 Å². The summed E-state index contributed by atoms with van der Waals surface area (Å²) in [6.07, 6.45) is 0. The number of rotatable bonds is 5. The zero-order chi connectivity index (χ0) is 23.2. The molecule has 164 valence electrons. The molecule has 8 heteroatoms. The van der Waals surface area contributed by atoms with Crippen LogP contribution in [0.3, 0.4) is 0 Å². The lowest BCUT2D eigenvalue weighted by molar-refractivity contribution is 0.101. The van der Waals surface area contributed by atoms with Gasteiger partial charge in [-0.25, -0.2) is 8.42 Å². The molecule has 0 radical (unpaired) electrons. The minimum absolute atomic E-state index is 0.0162. The van der Waals surface area contributed by atoms with Crippen LogP contribution in [0.5, 0.6) is 0 Å². The number of furan rings is 1. The number of carbonyl (C=O) groups excluding carboxylic acids is 1. The van der Waals surface area contributed by atoms with Crippen molar-refractivity contribution in [2.24, 2.45) is 0 Å². The van der Waals surface area contributed by atoms with Crippen LogP contribution in [0.15, 0.2) is 70.0 Å². The summed E-state index contributed by atoms with van der Waals surface area (Å²) in [5, 5.41) is 0.660. The van der Waals surface area contributed by atoms with Crippen molar-refractivity contribution in [3.8, 4) is 11.1 Å². The number of fused-ring (bicyclic) bond motifs is 1. The summed E-state index contributed by atoms with van der Waals surface area (Å²) in [5.74, 6) is -0.468. The minimum atomic E-state index is -3.41. The molecule has 0 bridgehead atoms. The van der Waals surface area contributed by atoms with Crippen LogP contribution in [0.1, 0.15) is 30.0 Å². The molecule has 3 aromatic carbocycles. The van der Waals surface area contributed by atoms with Crippen molar-refractivity contribution in [3.05, 3.63) is 82.0 Å². The molecule has 0 amide bonds. The van der Waals surface area contributed by atoms with Gasteiger partial charge >= 0.3 is 0 Å². The molecule has 0 aliphatic rings. The van der Waals surface area contributed by atoms with E-state index in [0.717, 1.165) is 5.56 Å². The molecular weight excluding hydrogens is 469 g/mol. The third-order valence-corrected chi connectivity index (χ3v) is 7.93. The average Bonchev–Trinajstić information content (AvgIpc) is 3.09. The molecule has 0 unspecified atom stereocenters. The van der Waals surface area contributed by atoms with E-state index < -0.39 is 20.9 Å². The number of nitrogens with two attached hydrogens (primary N) is 1. The lowest BCUT2D eigenvalue weighted by atomic mass is 10.0. The number of hydrogen-bond acceptors (Lipinski definition) is 5. The second-order valence-corrected chi connectivity index (χ2v) is 11.0. The molecule has 0 saturated heterocycles. The van der Waals surface area contributed by atoms with Gasteiger partial charge in [-0.3, -0.25) is 4.79 Å². The SMILES string of the molecule is CC(C)S(=O)(=O)c1cccc(-c2ccc3c(N)c(C(=O)c4ccc(Cl)cc4Cl)oc3c2)c1. The van der Waals surface area contributed by atoms with Crippen LogP contribution in [-0.4, -0.2) is 19.5 Å². The summed E-state index contributed by atoms with van der Waals surface area (Å²) in [4.78, 5) is 13.2. The van der Waals surface area contributed by atoms with Crippen molar-refractivity contribution >= 4 is 55.5 Å². The number of halogens is 2. The van der Waals surface area contributed by atoms with E-state index in [1.54, 1.807) is 56.3 Å². The highest BCUT2D eigenvalue weighted by Crippen LogP contribution is 2.35. The van der Waals surface area contributed by atoms with Crippen molar-refractivity contribution in [1.29, 1.82) is 0 Å². The molecule has 4 rings (SSSR count). The van der Waals surface area contributed by atoms with Crippen molar-refractivity contribution in [3.63, 3.8) is 0 Å². The van der Waals surface area contributed by atoms with Crippen molar-refractivity contribution < 1.29 is 17.6 Å². The largest absolute Gasteiger partial charge is 0.450 e.